The number of ketones is 1. The largest absolute Gasteiger partial charge is 0.469 e. The van der Waals surface area contributed by atoms with Crippen LogP contribution in [0.5, 0.6) is 5.88 Å². The molecule has 0 radical (unpaired) electrons. The molecule has 3 heterocycles. The van der Waals surface area contributed by atoms with Gasteiger partial charge in [0.15, 0.2) is 6.61 Å². The predicted molar refractivity (Wildman–Crippen MR) is 113 cm³/mol. The van der Waals surface area contributed by atoms with Crippen molar-refractivity contribution in [3.05, 3.63) is 80.0 Å². The quantitative estimate of drug-likeness (QED) is 0.250. The molecule has 8 nitrogen and oxygen atoms in total. The number of nitro benzene ring substituents is 1. The van der Waals surface area contributed by atoms with Crippen molar-refractivity contribution in [2.24, 2.45) is 0 Å². The standard InChI is InChI=1S/C21H18N4O4S/c1-13-8-18(14(2)24(13)10-16-4-3-7-30-16)20(26)11-29-21-17-6-5-15(25(27)28)9-19(17)22-12-23-21/h3-9,12H,10-11H2,1-2H3. The molecule has 9 heteroatoms. The van der Waals surface area contributed by atoms with Gasteiger partial charge in [0.25, 0.3) is 5.69 Å². The minimum absolute atomic E-state index is 0.0681. The number of hydrogen-bond donors (Lipinski definition) is 0. The molecule has 0 saturated carbocycles. The molecular formula is C21H18N4O4S. The average Bonchev–Trinajstić information content (AvgIpc) is 3.35. The lowest BCUT2D eigenvalue weighted by Crippen LogP contribution is -2.14. The highest BCUT2D eigenvalue weighted by atomic mass is 32.1. The minimum atomic E-state index is -0.489. The maximum Gasteiger partial charge on any atom is 0.271 e. The van der Waals surface area contributed by atoms with Crippen LogP contribution in [-0.2, 0) is 6.54 Å². The molecule has 0 aliphatic rings. The number of hydrogen-bond acceptors (Lipinski definition) is 7. The van der Waals surface area contributed by atoms with Gasteiger partial charge in [0, 0.05) is 34.0 Å². The SMILES string of the molecule is Cc1cc(C(=O)COc2ncnc3cc([N+](=O)[O-])ccc23)c(C)n1Cc1cccs1. The van der Waals surface area contributed by atoms with E-state index in [2.05, 4.69) is 20.6 Å². The number of rotatable bonds is 7. The van der Waals surface area contributed by atoms with Gasteiger partial charge in [-0.25, -0.2) is 9.97 Å². The Hall–Kier alpha value is -3.59. The van der Waals surface area contributed by atoms with Crippen LogP contribution in [0.2, 0.25) is 0 Å². The number of benzene rings is 1. The molecule has 0 fully saturated rings. The van der Waals surface area contributed by atoms with Gasteiger partial charge in [0.05, 0.1) is 22.4 Å². The third kappa shape index (κ3) is 3.79. The van der Waals surface area contributed by atoms with Gasteiger partial charge in [-0.2, -0.15) is 0 Å². The molecule has 0 bridgehead atoms. The van der Waals surface area contributed by atoms with Gasteiger partial charge < -0.3 is 9.30 Å². The average molecular weight is 422 g/mol. The van der Waals surface area contributed by atoms with Gasteiger partial charge >= 0.3 is 0 Å². The van der Waals surface area contributed by atoms with E-state index in [1.165, 1.54) is 29.4 Å². The summed E-state index contributed by atoms with van der Waals surface area (Å²) in [5.74, 6) is 0.0600. The summed E-state index contributed by atoms with van der Waals surface area (Å²) in [6, 6.07) is 10.2. The summed E-state index contributed by atoms with van der Waals surface area (Å²) in [5, 5.41) is 13.5. The third-order valence-corrected chi connectivity index (χ3v) is 5.76. The lowest BCUT2D eigenvalue weighted by Gasteiger charge is -2.09. The molecule has 4 aromatic rings. The zero-order valence-corrected chi connectivity index (χ0v) is 17.2. The molecule has 1 aromatic carbocycles. The van der Waals surface area contributed by atoms with Crippen molar-refractivity contribution in [1.29, 1.82) is 0 Å². The number of Topliss-reactive ketones (excluding diaryl/α,β-unsaturated/α-hetero) is 1. The number of nitrogens with zero attached hydrogens (tertiary/aromatic N) is 4. The Kier molecular flexibility index (Phi) is 5.28. The van der Waals surface area contributed by atoms with Crippen LogP contribution >= 0.6 is 11.3 Å². The van der Waals surface area contributed by atoms with Gasteiger partial charge in [-0.1, -0.05) is 6.07 Å². The van der Waals surface area contributed by atoms with Gasteiger partial charge in [0.1, 0.15) is 6.33 Å². The van der Waals surface area contributed by atoms with Crippen LogP contribution in [0.15, 0.2) is 48.1 Å². The van der Waals surface area contributed by atoms with E-state index < -0.39 is 4.92 Å². The lowest BCUT2D eigenvalue weighted by atomic mass is 10.1. The van der Waals surface area contributed by atoms with Crippen LogP contribution < -0.4 is 4.74 Å². The van der Waals surface area contributed by atoms with Crippen molar-refractivity contribution in [1.82, 2.24) is 14.5 Å². The monoisotopic (exact) mass is 422 g/mol. The van der Waals surface area contributed by atoms with Gasteiger partial charge in [-0.3, -0.25) is 14.9 Å². The van der Waals surface area contributed by atoms with Crippen LogP contribution in [0.25, 0.3) is 10.9 Å². The van der Waals surface area contributed by atoms with Gasteiger partial charge in [0.2, 0.25) is 11.7 Å². The molecule has 0 amide bonds. The molecule has 3 aromatic heterocycles. The highest BCUT2D eigenvalue weighted by molar-refractivity contribution is 7.09. The number of non-ortho nitro benzene ring substituents is 1. The fourth-order valence-electron chi connectivity index (χ4n) is 3.35. The predicted octanol–water partition coefficient (Wildman–Crippen LogP) is 4.33. The van der Waals surface area contributed by atoms with Crippen molar-refractivity contribution >= 4 is 33.7 Å². The number of carbonyl (C=O) groups is 1. The van der Waals surface area contributed by atoms with Crippen molar-refractivity contribution in [3.8, 4) is 5.88 Å². The molecular weight excluding hydrogens is 404 g/mol. The third-order valence-electron chi connectivity index (χ3n) is 4.90. The van der Waals surface area contributed by atoms with Crippen LogP contribution in [-0.4, -0.2) is 31.8 Å². The van der Waals surface area contributed by atoms with E-state index in [1.807, 2.05) is 31.4 Å². The Balaban J connectivity index is 1.53. The highest BCUT2D eigenvalue weighted by Crippen LogP contribution is 2.26. The summed E-state index contributed by atoms with van der Waals surface area (Å²) in [5.41, 5.74) is 2.82. The summed E-state index contributed by atoms with van der Waals surface area (Å²) in [4.78, 5) is 32.6. The molecule has 0 N–H and O–H groups in total. The number of ether oxygens (including phenoxy) is 1. The highest BCUT2D eigenvalue weighted by Gasteiger charge is 2.18. The normalized spacial score (nSPS) is 11.0. The number of aromatic nitrogens is 3. The van der Waals surface area contributed by atoms with Crippen LogP contribution in [0.3, 0.4) is 0 Å². The molecule has 30 heavy (non-hydrogen) atoms. The number of nitro groups is 1. The second-order valence-electron chi connectivity index (χ2n) is 6.80. The first-order valence-electron chi connectivity index (χ1n) is 9.18. The van der Waals surface area contributed by atoms with E-state index in [0.717, 1.165) is 17.9 Å². The molecule has 0 saturated heterocycles. The summed E-state index contributed by atoms with van der Waals surface area (Å²) < 4.78 is 7.78. The zero-order chi connectivity index (χ0) is 21.3. The summed E-state index contributed by atoms with van der Waals surface area (Å²) in [7, 11) is 0. The van der Waals surface area contributed by atoms with Crippen LogP contribution in [0.1, 0.15) is 26.6 Å². The number of carbonyl (C=O) groups excluding carboxylic acids is 1. The van der Waals surface area contributed by atoms with E-state index in [-0.39, 0.29) is 24.0 Å². The first kappa shape index (κ1) is 19.7. The van der Waals surface area contributed by atoms with Crippen molar-refractivity contribution < 1.29 is 14.5 Å². The van der Waals surface area contributed by atoms with Gasteiger partial charge in [-0.15, -0.1) is 11.3 Å². The van der Waals surface area contributed by atoms with E-state index in [1.54, 1.807) is 11.3 Å². The second kappa shape index (κ2) is 8.03. The number of fused-ring (bicyclic) bond motifs is 1. The minimum Gasteiger partial charge on any atom is -0.469 e. The van der Waals surface area contributed by atoms with E-state index in [9.17, 15) is 14.9 Å². The zero-order valence-electron chi connectivity index (χ0n) is 16.4. The first-order valence-corrected chi connectivity index (χ1v) is 10.1. The fraction of sp³-hybridized carbons (Fsp3) is 0.190. The Morgan fingerprint density at radius 1 is 1.23 bits per heavy atom. The Bertz CT molecular complexity index is 1250. The van der Waals surface area contributed by atoms with Crippen LogP contribution in [0, 0.1) is 24.0 Å². The Morgan fingerprint density at radius 3 is 2.80 bits per heavy atom. The van der Waals surface area contributed by atoms with Gasteiger partial charge in [-0.05, 0) is 37.4 Å². The molecule has 0 unspecified atom stereocenters. The molecule has 4 rings (SSSR count). The second-order valence-corrected chi connectivity index (χ2v) is 7.83. The fourth-order valence-corrected chi connectivity index (χ4v) is 4.04. The Morgan fingerprint density at radius 2 is 2.07 bits per heavy atom. The van der Waals surface area contributed by atoms with E-state index >= 15 is 0 Å². The first-order chi connectivity index (χ1) is 14.4. The molecule has 152 valence electrons. The lowest BCUT2D eigenvalue weighted by molar-refractivity contribution is -0.384. The summed E-state index contributed by atoms with van der Waals surface area (Å²) in [6.07, 6.45) is 1.26. The van der Waals surface area contributed by atoms with Crippen LogP contribution in [0.4, 0.5) is 5.69 Å². The summed E-state index contributed by atoms with van der Waals surface area (Å²) >= 11 is 1.68. The maximum absolute atomic E-state index is 12.8. The van der Waals surface area contributed by atoms with Crippen molar-refractivity contribution in [2.75, 3.05) is 6.61 Å². The topological polar surface area (TPSA) is 100 Å². The maximum atomic E-state index is 12.8. The van der Waals surface area contributed by atoms with Crippen molar-refractivity contribution in [2.45, 2.75) is 20.4 Å². The van der Waals surface area contributed by atoms with Crippen molar-refractivity contribution in [3.63, 3.8) is 0 Å². The van der Waals surface area contributed by atoms with E-state index in [4.69, 9.17) is 4.74 Å². The molecule has 0 atom stereocenters. The molecule has 0 aliphatic carbocycles. The molecule has 0 aliphatic heterocycles. The number of aryl methyl sites for hydroxylation is 1. The molecule has 0 spiro atoms. The Labute approximate surface area is 175 Å². The number of thiophene rings is 1. The smallest absolute Gasteiger partial charge is 0.271 e. The summed E-state index contributed by atoms with van der Waals surface area (Å²) in [6.45, 7) is 4.43. The van der Waals surface area contributed by atoms with E-state index in [0.29, 0.717) is 16.5 Å².